The Morgan fingerprint density at radius 3 is 2.75 bits per heavy atom. The Kier molecular flexibility index (Phi) is 5.94. The average molecular weight is 221 g/mol. The first-order valence-corrected chi connectivity index (χ1v) is 6.20. The molecule has 0 aliphatic rings. The highest BCUT2D eigenvalue weighted by Crippen LogP contribution is 2.15. The van der Waals surface area contributed by atoms with Crippen LogP contribution in [0.3, 0.4) is 0 Å². The fourth-order valence-electron chi connectivity index (χ4n) is 1.71. The number of ether oxygens (including phenoxy) is 1. The van der Waals surface area contributed by atoms with Crippen molar-refractivity contribution in [3.8, 4) is 5.75 Å². The predicted octanol–water partition coefficient (Wildman–Crippen LogP) is 3.15. The van der Waals surface area contributed by atoms with E-state index in [0.717, 1.165) is 31.7 Å². The fraction of sp³-hybridized carbons (Fsp3) is 0.571. The highest BCUT2D eigenvalue weighted by molar-refractivity contribution is 5.27. The van der Waals surface area contributed by atoms with Crippen LogP contribution in [0.5, 0.6) is 5.75 Å². The summed E-state index contributed by atoms with van der Waals surface area (Å²) in [5.41, 5.74) is 1.25. The van der Waals surface area contributed by atoms with Crippen LogP contribution in [-0.2, 0) is 0 Å². The average Bonchev–Trinajstić information content (AvgIpc) is 2.26. The molecule has 0 aliphatic carbocycles. The van der Waals surface area contributed by atoms with Crippen molar-refractivity contribution in [3.63, 3.8) is 0 Å². The Bertz CT molecular complexity index is 299. The van der Waals surface area contributed by atoms with Crippen LogP contribution in [0.2, 0.25) is 0 Å². The Morgan fingerprint density at radius 2 is 2.12 bits per heavy atom. The number of hydrogen-bond donors (Lipinski definition) is 1. The zero-order chi connectivity index (χ0) is 11.8. The topological polar surface area (TPSA) is 21.3 Å². The number of aryl methyl sites for hydroxylation is 1. The van der Waals surface area contributed by atoms with Crippen LogP contribution in [-0.4, -0.2) is 19.2 Å². The summed E-state index contributed by atoms with van der Waals surface area (Å²) in [5, 5.41) is 3.34. The van der Waals surface area contributed by atoms with Gasteiger partial charge < -0.3 is 10.1 Å². The summed E-state index contributed by atoms with van der Waals surface area (Å²) in [5.74, 6) is 0.983. The van der Waals surface area contributed by atoms with Crippen LogP contribution in [0, 0.1) is 6.92 Å². The quantitative estimate of drug-likeness (QED) is 0.763. The summed E-state index contributed by atoms with van der Waals surface area (Å²) in [6.45, 7) is 8.33. The molecule has 1 rings (SSSR count). The molecule has 0 aliphatic heterocycles. The van der Waals surface area contributed by atoms with E-state index in [4.69, 9.17) is 4.74 Å². The number of benzene rings is 1. The van der Waals surface area contributed by atoms with Crippen molar-refractivity contribution in [2.45, 2.75) is 39.7 Å². The van der Waals surface area contributed by atoms with Crippen LogP contribution in [0.15, 0.2) is 24.3 Å². The highest BCUT2D eigenvalue weighted by Gasteiger charge is 2.08. The van der Waals surface area contributed by atoms with Crippen molar-refractivity contribution >= 4 is 0 Å². The lowest BCUT2D eigenvalue weighted by Crippen LogP contribution is -2.31. The molecule has 1 aromatic carbocycles. The first-order chi connectivity index (χ1) is 7.76. The number of hydrogen-bond acceptors (Lipinski definition) is 2. The molecule has 0 heterocycles. The van der Waals surface area contributed by atoms with E-state index in [1.807, 2.05) is 12.1 Å². The minimum Gasteiger partial charge on any atom is -0.489 e. The van der Waals surface area contributed by atoms with Gasteiger partial charge in [0.25, 0.3) is 0 Å². The second-order valence-electron chi connectivity index (χ2n) is 4.15. The summed E-state index contributed by atoms with van der Waals surface area (Å²) < 4.78 is 5.98. The predicted molar refractivity (Wildman–Crippen MR) is 69.0 cm³/mol. The lowest BCUT2D eigenvalue weighted by molar-refractivity contribution is 0.187. The standard InChI is InChI=1S/C14H23NO/c1-4-7-14(11-15-5-2)16-13-9-6-8-12(3)10-13/h6,8-10,14-15H,4-5,7,11H2,1-3H3. The van der Waals surface area contributed by atoms with Crippen LogP contribution in [0.25, 0.3) is 0 Å². The first kappa shape index (κ1) is 13.0. The van der Waals surface area contributed by atoms with Gasteiger partial charge in [-0.25, -0.2) is 0 Å². The first-order valence-electron chi connectivity index (χ1n) is 6.20. The van der Waals surface area contributed by atoms with E-state index < -0.39 is 0 Å². The molecule has 0 aromatic heterocycles. The van der Waals surface area contributed by atoms with Gasteiger partial charge in [-0.15, -0.1) is 0 Å². The second-order valence-corrected chi connectivity index (χ2v) is 4.15. The van der Waals surface area contributed by atoms with E-state index in [1.54, 1.807) is 0 Å². The van der Waals surface area contributed by atoms with E-state index in [0.29, 0.717) is 0 Å². The van der Waals surface area contributed by atoms with Crippen molar-refractivity contribution in [2.24, 2.45) is 0 Å². The Hall–Kier alpha value is -1.02. The zero-order valence-electron chi connectivity index (χ0n) is 10.6. The van der Waals surface area contributed by atoms with Crippen LogP contribution in [0.4, 0.5) is 0 Å². The van der Waals surface area contributed by atoms with Gasteiger partial charge in [-0.1, -0.05) is 32.4 Å². The van der Waals surface area contributed by atoms with Gasteiger partial charge in [0, 0.05) is 6.54 Å². The molecular formula is C14H23NO. The minimum absolute atomic E-state index is 0.284. The van der Waals surface area contributed by atoms with Gasteiger partial charge in [0.05, 0.1) is 0 Å². The molecule has 1 unspecified atom stereocenters. The van der Waals surface area contributed by atoms with Gasteiger partial charge in [-0.05, 0) is 37.6 Å². The van der Waals surface area contributed by atoms with Crippen LogP contribution < -0.4 is 10.1 Å². The maximum absolute atomic E-state index is 5.98. The summed E-state index contributed by atoms with van der Waals surface area (Å²) in [6, 6.07) is 8.25. The summed E-state index contributed by atoms with van der Waals surface area (Å²) in [4.78, 5) is 0. The van der Waals surface area contributed by atoms with Crippen molar-refractivity contribution in [3.05, 3.63) is 29.8 Å². The SMILES string of the molecule is CCCC(CNCC)Oc1cccc(C)c1. The third-order valence-corrected chi connectivity index (χ3v) is 2.52. The molecule has 1 N–H and O–H groups in total. The minimum atomic E-state index is 0.284. The van der Waals surface area contributed by atoms with Crippen molar-refractivity contribution in [1.82, 2.24) is 5.32 Å². The monoisotopic (exact) mass is 221 g/mol. The molecule has 0 spiro atoms. The van der Waals surface area contributed by atoms with Gasteiger partial charge >= 0.3 is 0 Å². The molecule has 1 aromatic rings. The van der Waals surface area contributed by atoms with Crippen LogP contribution in [0.1, 0.15) is 32.3 Å². The van der Waals surface area contributed by atoms with Gasteiger partial charge in [0.1, 0.15) is 11.9 Å². The third-order valence-electron chi connectivity index (χ3n) is 2.52. The molecule has 0 saturated carbocycles. The second kappa shape index (κ2) is 7.29. The van der Waals surface area contributed by atoms with E-state index in [2.05, 4.69) is 38.2 Å². The fourth-order valence-corrected chi connectivity index (χ4v) is 1.71. The van der Waals surface area contributed by atoms with Crippen LogP contribution >= 0.6 is 0 Å². The lowest BCUT2D eigenvalue weighted by Gasteiger charge is -2.19. The molecule has 16 heavy (non-hydrogen) atoms. The third kappa shape index (κ3) is 4.67. The van der Waals surface area contributed by atoms with Crippen molar-refractivity contribution in [2.75, 3.05) is 13.1 Å². The lowest BCUT2D eigenvalue weighted by atomic mass is 10.2. The molecule has 0 saturated heterocycles. The maximum Gasteiger partial charge on any atom is 0.120 e. The Balaban J connectivity index is 2.52. The molecular weight excluding hydrogens is 198 g/mol. The van der Waals surface area contributed by atoms with E-state index in [-0.39, 0.29) is 6.10 Å². The molecule has 0 fully saturated rings. The molecule has 1 atom stereocenters. The largest absolute Gasteiger partial charge is 0.489 e. The summed E-state index contributed by atoms with van der Waals surface area (Å²) >= 11 is 0. The molecule has 2 heteroatoms. The highest BCUT2D eigenvalue weighted by atomic mass is 16.5. The maximum atomic E-state index is 5.98. The molecule has 0 bridgehead atoms. The summed E-state index contributed by atoms with van der Waals surface area (Å²) in [6.07, 6.45) is 2.54. The van der Waals surface area contributed by atoms with E-state index in [1.165, 1.54) is 5.56 Å². The van der Waals surface area contributed by atoms with Gasteiger partial charge in [0.15, 0.2) is 0 Å². The Morgan fingerprint density at radius 1 is 1.31 bits per heavy atom. The van der Waals surface area contributed by atoms with Crippen molar-refractivity contribution < 1.29 is 4.74 Å². The van der Waals surface area contributed by atoms with Gasteiger partial charge in [-0.3, -0.25) is 0 Å². The number of likely N-dealkylation sites (N-methyl/N-ethyl adjacent to an activating group) is 1. The molecule has 0 radical (unpaired) electrons. The van der Waals surface area contributed by atoms with Gasteiger partial charge in [-0.2, -0.15) is 0 Å². The molecule has 0 amide bonds. The van der Waals surface area contributed by atoms with E-state index >= 15 is 0 Å². The van der Waals surface area contributed by atoms with Gasteiger partial charge in [0.2, 0.25) is 0 Å². The number of rotatable bonds is 7. The van der Waals surface area contributed by atoms with Crippen molar-refractivity contribution in [1.29, 1.82) is 0 Å². The Labute approximate surface area is 99.0 Å². The molecule has 2 nitrogen and oxygen atoms in total. The van der Waals surface area contributed by atoms with E-state index in [9.17, 15) is 0 Å². The summed E-state index contributed by atoms with van der Waals surface area (Å²) in [7, 11) is 0. The smallest absolute Gasteiger partial charge is 0.120 e. The number of nitrogens with one attached hydrogen (secondary N) is 1. The zero-order valence-corrected chi connectivity index (χ0v) is 10.6. The molecule has 90 valence electrons. The normalized spacial score (nSPS) is 12.4.